The molecule has 1 aliphatic rings. The predicted octanol–water partition coefficient (Wildman–Crippen LogP) is 3.45. The highest BCUT2D eigenvalue weighted by atomic mass is 19.1. The summed E-state index contributed by atoms with van der Waals surface area (Å²) in [6, 6.07) is 10.8. The molecule has 0 atom stereocenters. The summed E-state index contributed by atoms with van der Waals surface area (Å²) in [4.78, 5) is 10.4. The van der Waals surface area contributed by atoms with E-state index < -0.39 is 0 Å². The van der Waals surface area contributed by atoms with Gasteiger partial charge in [-0.2, -0.15) is 5.10 Å². The maximum Gasteiger partial charge on any atom is 0.159 e. The van der Waals surface area contributed by atoms with Gasteiger partial charge in [-0.05, 0) is 55.2 Å². The molecule has 0 saturated carbocycles. The second-order valence-electron chi connectivity index (χ2n) is 7.16. The lowest BCUT2D eigenvalue weighted by molar-refractivity contribution is 0.203. The van der Waals surface area contributed by atoms with E-state index in [2.05, 4.69) is 37.2 Å². The Morgan fingerprint density at radius 3 is 2.78 bits per heavy atom. The fourth-order valence-electron chi connectivity index (χ4n) is 3.85. The number of piperidine rings is 1. The monoisotopic (exact) mass is 365 g/mol. The van der Waals surface area contributed by atoms with Crippen molar-refractivity contribution < 1.29 is 9.50 Å². The van der Waals surface area contributed by atoms with Crippen LogP contribution in [-0.2, 0) is 0 Å². The molecule has 138 valence electrons. The van der Waals surface area contributed by atoms with Crippen LogP contribution in [0.2, 0.25) is 0 Å². The number of aliphatic hydroxyl groups is 1. The van der Waals surface area contributed by atoms with E-state index in [1.54, 1.807) is 6.07 Å². The van der Waals surface area contributed by atoms with Gasteiger partial charge in [0.05, 0.1) is 16.6 Å². The zero-order valence-corrected chi connectivity index (χ0v) is 14.7. The van der Waals surface area contributed by atoms with Crippen molar-refractivity contribution in [3.05, 3.63) is 42.2 Å². The van der Waals surface area contributed by atoms with Gasteiger partial charge in [-0.15, -0.1) is 0 Å². The van der Waals surface area contributed by atoms with E-state index in [1.165, 1.54) is 12.1 Å². The molecular formula is C20H20FN5O. The summed E-state index contributed by atoms with van der Waals surface area (Å²) in [6.45, 7) is 2.18. The zero-order valence-electron chi connectivity index (χ0n) is 14.7. The minimum atomic E-state index is -0.295. The van der Waals surface area contributed by atoms with E-state index >= 15 is 0 Å². The number of anilines is 1. The van der Waals surface area contributed by atoms with Crippen molar-refractivity contribution in [1.29, 1.82) is 0 Å². The zero-order chi connectivity index (χ0) is 18.4. The fraction of sp³-hybridized carbons (Fsp3) is 0.300. The van der Waals surface area contributed by atoms with E-state index in [1.807, 2.05) is 6.07 Å². The van der Waals surface area contributed by atoms with E-state index in [-0.39, 0.29) is 12.4 Å². The normalized spacial score (nSPS) is 15.9. The van der Waals surface area contributed by atoms with Crippen molar-refractivity contribution >= 4 is 27.6 Å². The number of nitrogens with one attached hydrogen (secondary N) is 2. The second kappa shape index (κ2) is 6.35. The Kier molecular flexibility index (Phi) is 3.82. The molecule has 3 heterocycles. The molecule has 4 aromatic rings. The third kappa shape index (κ3) is 2.84. The van der Waals surface area contributed by atoms with Crippen LogP contribution in [0, 0.1) is 11.7 Å². The van der Waals surface area contributed by atoms with Gasteiger partial charge in [0.1, 0.15) is 11.5 Å². The number of aromatic amines is 2. The first-order valence-electron chi connectivity index (χ1n) is 9.21. The number of hydrogen-bond acceptors (Lipinski definition) is 4. The van der Waals surface area contributed by atoms with Gasteiger partial charge in [-0.1, -0.05) is 0 Å². The SMILES string of the molecule is OCC1CCN(c2ccc3nc(-c4n[nH]c5cc(F)ccc45)[nH]c3c2)CC1. The van der Waals surface area contributed by atoms with Crippen LogP contribution in [-0.4, -0.2) is 45.0 Å². The number of halogens is 1. The molecule has 7 heteroatoms. The molecule has 1 saturated heterocycles. The molecule has 6 nitrogen and oxygen atoms in total. The molecule has 5 rings (SSSR count). The molecule has 3 N–H and O–H groups in total. The van der Waals surface area contributed by atoms with Gasteiger partial charge in [0.15, 0.2) is 5.82 Å². The third-order valence-corrected chi connectivity index (χ3v) is 5.45. The Bertz CT molecular complexity index is 1110. The number of imidazole rings is 1. The summed E-state index contributed by atoms with van der Waals surface area (Å²) < 4.78 is 13.4. The maximum absolute atomic E-state index is 13.4. The lowest BCUT2D eigenvalue weighted by Crippen LogP contribution is -2.34. The summed E-state index contributed by atoms with van der Waals surface area (Å²) in [6.07, 6.45) is 2.02. The van der Waals surface area contributed by atoms with Crippen molar-refractivity contribution in [2.75, 3.05) is 24.6 Å². The lowest BCUT2D eigenvalue weighted by Gasteiger charge is -2.32. The van der Waals surface area contributed by atoms with E-state index in [0.717, 1.165) is 48.0 Å². The number of rotatable bonds is 3. The topological polar surface area (TPSA) is 80.8 Å². The molecular weight excluding hydrogens is 345 g/mol. The van der Waals surface area contributed by atoms with Crippen LogP contribution < -0.4 is 4.90 Å². The fourth-order valence-corrected chi connectivity index (χ4v) is 3.85. The molecule has 0 aliphatic carbocycles. The summed E-state index contributed by atoms with van der Waals surface area (Å²) in [7, 11) is 0. The van der Waals surface area contributed by atoms with Crippen molar-refractivity contribution in [3.8, 4) is 11.5 Å². The molecule has 0 unspecified atom stereocenters. The predicted molar refractivity (Wildman–Crippen MR) is 103 cm³/mol. The Hall–Kier alpha value is -2.93. The Morgan fingerprint density at radius 1 is 1.11 bits per heavy atom. The minimum absolute atomic E-state index is 0.276. The Balaban J connectivity index is 1.48. The van der Waals surface area contributed by atoms with Gasteiger partial charge in [0.25, 0.3) is 0 Å². The molecule has 2 aromatic carbocycles. The first kappa shape index (κ1) is 16.3. The molecule has 1 fully saturated rings. The summed E-state index contributed by atoms with van der Waals surface area (Å²) in [5.74, 6) is 0.789. The van der Waals surface area contributed by atoms with Crippen molar-refractivity contribution in [1.82, 2.24) is 20.2 Å². The first-order valence-corrected chi connectivity index (χ1v) is 9.21. The average molecular weight is 365 g/mol. The van der Waals surface area contributed by atoms with Crippen molar-refractivity contribution in [3.63, 3.8) is 0 Å². The van der Waals surface area contributed by atoms with Crippen molar-refractivity contribution in [2.45, 2.75) is 12.8 Å². The van der Waals surface area contributed by atoms with Gasteiger partial charge >= 0.3 is 0 Å². The molecule has 0 radical (unpaired) electrons. The highest BCUT2D eigenvalue weighted by molar-refractivity contribution is 5.93. The molecule has 0 bridgehead atoms. The lowest BCUT2D eigenvalue weighted by atomic mass is 9.97. The van der Waals surface area contributed by atoms with Crippen LogP contribution in [0.1, 0.15) is 12.8 Å². The van der Waals surface area contributed by atoms with Crippen LogP contribution in [0.15, 0.2) is 36.4 Å². The van der Waals surface area contributed by atoms with Gasteiger partial charge in [-0.25, -0.2) is 9.37 Å². The quantitative estimate of drug-likeness (QED) is 0.519. The van der Waals surface area contributed by atoms with Gasteiger partial charge < -0.3 is 15.0 Å². The second-order valence-corrected chi connectivity index (χ2v) is 7.16. The summed E-state index contributed by atoms with van der Waals surface area (Å²) >= 11 is 0. The largest absolute Gasteiger partial charge is 0.396 e. The minimum Gasteiger partial charge on any atom is -0.396 e. The summed E-state index contributed by atoms with van der Waals surface area (Å²) in [5.41, 5.74) is 4.31. The van der Waals surface area contributed by atoms with Crippen LogP contribution >= 0.6 is 0 Å². The number of nitrogens with zero attached hydrogens (tertiary/aromatic N) is 3. The highest BCUT2D eigenvalue weighted by Gasteiger charge is 2.19. The third-order valence-electron chi connectivity index (χ3n) is 5.45. The number of hydrogen-bond donors (Lipinski definition) is 3. The number of H-pyrrole nitrogens is 2. The average Bonchev–Trinajstić information content (AvgIpc) is 3.30. The Labute approximate surface area is 155 Å². The highest BCUT2D eigenvalue weighted by Crippen LogP contribution is 2.29. The van der Waals surface area contributed by atoms with Crippen LogP contribution in [0.3, 0.4) is 0 Å². The van der Waals surface area contributed by atoms with Gasteiger partial charge in [0.2, 0.25) is 0 Å². The van der Waals surface area contributed by atoms with Gasteiger partial charge in [0, 0.05) is 30.8 Å². The van der Waals surface area contributed by atoms with E-state index in [0.29, 0.717) is 23.0 Å². The molecule has 1 aliphatic heterocycles. The maximum atomic E-state index is 13.4. The van der Waals surface area contributed by atoms with Crippen LogP contribution in [0.25, 0.3) is 33.5 Å². The first-order chi connectivity index (χ1) is 13.2. The summed E-state index contributed by atoms with van der Waals surface area (Å²) in [5, 5.41) is 17.3. The molecule has 27 heavy (non-hydrogen) atoms. The number of aliphatic hydroxyl groups excluding tert-OH is 1. The number of aromatic nitrogens is 4. The number of benzene rings is 2. The number of fused-ring (bicyclic) bond motifs is 2. The molecule has 2 aromatic heterocycles. The standard InChI is InChI=1S/C20H20FN5O/c21-13-1-3-15-17(9-13)24-25-19(15)20-22-16-4-2-14(10-18(16)23-20)26-7-5-12(11-27)6-8-26/h1-4,9-10,12,27H,5-8,11H2,(H,22,23)(H,24,25). The van der Waals surface area contributed by atoms with Gasteiger partial charge in [-0.3, -0.25) is 5.10 Å². The smallest absolute Gasteiger partial charge is 0.159 e. The van der Waals surface area contributed by atoms with Crippen molar-refractivity contribution in [2.24, 2.45) is 5.92 Å². The van der Waals surface area contributed by atoms with Crippen LogP contribution in [0.4, 0.5) is 10.1 Å². The van der Waals surface area contributed by atoms with E-state index in [4.69, 9.17) is 0 Å². The Morgan fingerprint density at radius 2 is 1.96 bits per heavy atom. The molecule has 0 amide bonds. The van der Waals surface area contributed by atoms with E-state index in [9.17, 15) is 9.50 Å². The van der Waals surface area contributed by atoms with Crippen LogP contribution in [0.5, 0.6) is 0 Å². The molecule has 0 spiro atoms.